The van der Waals surface area contributed by atoms with Gasteiger partial charge in [0.05, 0.1) is 22.5 Å². The highest BCUT2D eigenvalue weighted by atomic mass is 19.4. The summed E-state index contributed by atoms with van der Waals surface area (Å²) in [5, 5.41) is 5.57. The Morgan fingerprint density at radius 2 is 1.41 bits per heavy atom. The molecule has 0 radical (unpaired) electrons. The third kappa shape index (κ3) is 5.89. The van der Waals surface area contributed by atoms with Crippen molar-refractivity contribution in [1.29, 1.82) is 0 Å². The lowest BCUT2D eigenvalue weighted by molar-refractivity contribution is -0.142. The van der Waals surface area contributed by atoms with Crippen molar-refractivity contribution in [3.8, 4) is 11.3 Å². The van der Waals surface area contributed by atoms with E-state index >= 15 is 0 Å². The summed E-state index contributed by atoms with van der Waals surface area (Å²) in [5.41, 5.74) is -2.72. The summed E-state index contributed by atoms with van der Waals surface area (Å²) in [6.07, 6.45) is -9.91. The molecule has 0 unspecified atom stereocenters. The summed E-state index contributed by atoms with van der Waals surface area (Å²) in [6, 6.07) is 11.7. The van der Waals surface area contributed by atoms with Crippen LogP contribution < -0.4 is 10.6 Å². The summed E-state index contributed by atoms with van der Waals surface area (Å²) in [5.74, 6) is 0.151. The van der Waals surface area contributed by atoms with E-state index in [0.29, 0.717) is 17.3 Å². The number of halogens is 6. The lowest BCUT2D eigenvalue weighted by atomic mass is 10.1. The second-order valence-electron chi connectivity index (χ2n) is 8.08. The standard InChI is InChI=1S/C22H20F6N4/c1-20(2,3)32-19-30-17(13-7-5-4-6-8-13)12-18(31-19)29-16-10-9-14(21(23,24)25)11-15(16)22(26,27)28/h4-12H,1-3H3,(H2,29,30,31,32). The molecule has 0 aliphatic heterocycles. The van der Waals surface area contributed by atoms with Crippen LogP contribution in [0.4, 0.5) is 43.8 Å². The Bertz CT molecular complexity index is 1090. The van der Waals surface area contributed by atoms with Crippen LogP contribution in [-0.2, 0) is 12.4 Å². The molecular formula is C22H20F6N4. The van der Waals surface area contributed by atoms with Gasteiger partial charge in [-0.25, -0.2) is 4.98 Å². The van der Waals surface area contributed by atoms with Crippen LogP contribution in [0, 0.1) is 0 Å². The van der Waals surface area contributed by atoms with Crippen molar-refractivity contribution in [2.75, 3.05) is 10.6 Å². The Balaban J connectivity index is 2.09. The number of hydrogen-bond acceptors (Lipinski definition) is 4. The van der Waals surface area contributed by atoms with Gasteiger partial charge < -0.3 is 10.6 Å². The summed E-state index contributed by atoms with van der Waals surface area (Å²) < 4.78 is 79.4. The molecule has 0 fully saturated rings. The number of anilines is 3. The van der Waals surface area contributed by atoms with E-state index in [1.54, 1.807) is 30.3 Å². The lowest BCUT2D eigenvalue weighted by Gasteiger charge is -2.22. The van der Waals surface area contributed by atoms with Crippen LogP contribution in [0.15, 0.2) is 54.6 Å². The molecule has 0 spiro atoms. The average Bonchev–Trinajstić information content (AvgIpc) is 2.65. The first-order valence-corrected chi connectivity index (χ1v) is 9.50. The molecule has 1 aromatic heterocycles. The lowest BCUT2D eigenvalue weighted by Crippen LogP contribution is -2.27. The van der Waals surface area contributed by atoms with E-state index < -0.39 is 34.7 Å². The van der Waals surface area contributed by atoms with E-state index in [1.165, 1.54) is 6.07 Å². The molecular weight excluding hydrogens is 434 g/mol. The quantitative estimate of drug-likeness (QED) is 0.412. The monoisotopic (exact) mass is 454 g/mol. The minimum Gasteiger partial charge on any atom is -0.350 e. The molecule has 2 aromatic carbocycles. The average molecular weight is 454 g/mol. The van der Waals surface area contributed by atoms with Crippen LogP contribution in [-0.4, -0.2) is 15.5 Å². The fraction of sp³-hybridized carbons (Fsp3) is 0.273. The van der Waals surface area contributed by atoms with E-state index in [0.717, 1.165) is 6.07 Å². The van der Waals surface area contributed by atoms with Gasteiger partial charge in [-0.3, -0.25) is 0 Å². The summed E-state index contributed by atoms with van der Waals surface area (Å²) in [7, 11) is 0. The molecule has 0 atom stereocenters. The Morgan fingerprint density at radius 1 is 0.750 bits per heavy atom. The Morgan fingerprint density at radius 3 is 1.97 bits per heavy atom. The first-order valence-electron chi connectivity index (χ1n) is 9.50. The largest absolute Gasteiger partial charge is 0.418 e. The predicted octanol–water partition coefficient (Wildman–Crippen LogP) is 7.14. The highest BCUT2D eigenvalue weighted by Crippen LogP contribution is 2.40. The molecule has 10 heteroatoms. The van der Waals surface area contributed by atoms with E-state index in [2.05, 4.69) is 20.6 Å². The zero-order chi connectivity index (χ0) is 23.7. The predicted molar refractivity (Wildman–Crippen MR) is 111 cm³/mol. The van der Waals surface area contributed by atoms with E-state index in [4.69, 9.17) is 0 Å². The molecule has 0 aliphatic carbocycles. The molecule has 2 N–H and O–H groups in total. The molecule has 1 heterocycles. The number of alkyl halides is 6. The van der Waals surface area contributed by atoms with Crippen LogP contribution in [0.5, 0.6) is 0 Å². The maximum absolute atomic E-state index is 13.5. The molecule has 0 saturated heterocycles. The van der Waals surface area contributed by atoms with Gasteiger partial charge in [0.1, 0.15) is 5.82 Å². The summed E-state index contributed by atoms with van der Waals surface area (Å²) in [4.78, 5) is 8.63. The Kier molecular flexibility index (Phi) is 6.08. The van der Waals surface area contributed by atoms with Gasteiger partial charge in [-0.2, -0.15) is 31.3 Å². The van der Waals surface area contributed by atoms with E-state index in [1.807, 2.05) is 20.8 Å². The molecule has 32 heavy (non-hydrogen) atoms. The van der Waals surface area contributed by atoms with Crippen LogP contribution in [0.1, 0.15) is 31.9 Å². The normalized spacial score (nSPS) is 12.5. The fourth-order valence-corrected chi connectivity index (χ4v) is 2.86. The van der Waals surface area contributed by atoms with E-state index in [-0.39, 0.29) is 17.8 Å². The van der Waals surface area contributed by atoms with Crippen LogP contribution in [0.3, 0.4) is 0 Å². The summed E-state index contributed by atoms with van der Waals surface area (Å²) in [6.45, 7) is 5.57. The van der Waals surface area contributed by atoms with Crippen molar-refractivity contribution in [3.63, 3.8) is 0 Å². The van der Waals surface area contributed by atoms with Gasteiger partial charge in [0.2, 0.25) is 5.95 Å². The maximum atomic E-state index is 13.5. The topological polar surface area (TPSA) is 49.8 Å². The van der Waals surface area contributed by atoms with Crippen molar-refractivity contribution >= 4 is 17.5 Å². The van der Waals surface area contributed by atoms with E-state index in [9.17, 15) is 26.3 Å². The van der Waals surface area contributed by atoms with Crippen LogP contribution in [0.25, 0.3) is 11.3 Å². The Labute approximate surface area is 180 Å². The second kappa shape index (κ2) is 8.33. The third-order valence-electron chi connectivity index (χ3n) is 4.20. The molecule has 0 saturated carbocycles. The molecule has 3 aromatic rings. The highest BCUT2D eigenvalue weighted by Gasteiger charge is 2.38. The first kappa shape index (κ1) is 23.4. The number of aromatic nitrogens is 2. The number of benzene rings is 2. The maximum Gasteiger partial charge on any atom is 0.418 e. The van der Waals surface area contributed by atoms with Gasteiger partial charge in [0, 0.05) is 17.2 Å². The zero-order valence-electron chi connectivity index (χ0n) is 17.4. The van der Waals surface area contributed by atoms with Crippen molar-refractivity contribution in [2.45, 2.75) is 38.7 Å². The van der Waals surface area contributed by atoms with Gasteiger partial charge in [0.25, 0.3) is 0 Å². The van der Waals surface area contributed by atoms with Gasteiger partial charge in [-0.15, -0.1) is 0 Å². The Hall–Kier alpha value is -3.30. The number of hydrogen-bond donors (Lipinski definition) is 2. The molecule has 0 aliphatic rings. The minimum atomic E-state index is -5.01. The summed E-state index contributed by atoms with van der Waals surface area (Å²) >= 11 is 0. The highest BCUT2D eigenvalue weighted by molar-refractivity contribution is 5.69. The van der Waals surface area contributed by atoms with Crippen molar-refractivity contribution < 1.29 is 26.3 Å². The van der Waals surface area contributed by atoms with Crippen LogP contribution >= 0.6 is 0 Å². The van der Waals surface area contributed by atoms with Gasteiger partial charge in [-0.1, -0.05) is 30.3 Å². The van der Waals surface area contributed by atoms with Crippen LogP contribution in [0.2, 0.25) is 0 Å². The third-order valence-corrected chi connectivity index (χ3v) is 4.20. The number of rotatable bonds is 4. The molecule has 0 bridgehead atoms. The smallest absolute Gasteiger partial charge is 0.350 e. The fourth-order valence-electron chi connectivity index (χ4n) is 2.86. The molecule has 0 amide bonds. The van der Waals surface area contributed by atoms with Gasteiger partial charge in [0.15, 0.2) is 0 Å². The van der Waals surface area contributed by atoms with Crippen molar-refractivity contribution in [3.05, 3.63) is 65.7 Å². The zero-order valence-corrected chi connectivity index (χ0v) is 17.4. The van der Waals surface area contributed by atoms with Crippen molar-refractivity contribution in [1.82, 2.24) is 9.97 Å². The molecule has 170 valence electrons. The molecule has 4 nitrogen and oxygen atoms in total. The van der Waals surface area contributed by atoms with Gasteiger partial charge in [-0.05, 0) is 39.0 Å². The van der Waals surface area contributed by atoms with Crippen molar-refractivity contribution in [2.24, 2.45) is 0 Å². The second-order valence-corrected chi connectivity index (χ2v) is 8.08. The minimum absolute atomic E-state index is 0.00383. The SMILES string of the molecule is CC(C)(C)Nc1nc(Nc2ccc(C(F)(F)F)cc2C(F)(F)F)cc(-c2ccccc2)n1. The molecule has 3 rings (SSSR count). The number of nitrogens with zero attached hydrogens (tertiary/aromatic N) is 2. The first-order chi connectivity index (χ1) is 14.7. The van der Waals surface area contributed by atoms with Gasteiger partial charge >= 0.3 is 12.4 Å². The number of nitrogens with one attached hydrogen (secondary N) is 2.